The number of carbonyl (C=O) groups is 1. The SMILES string of the molecule is CC[C@H](Nc1nnco1)C(=O)N1CC[C@@]2(C1)CC2(F)F. The van der Waals surface area contributed by atoms with Gasteiger partial charge in [-0.2, -0.15) is 0 Å². The second-order valence-electron chi connectivity index (χ2n) is 5.52. The summed E-state index contributed by atoms with van der Waals surface area (Å²) in [6.45, 7) is 2.36. The molecule has 0 bridgehead atoms. The molecule has 8 heteroatoms. The summed E-state index contributed by atoms with van der Waals surface area (Å²) >= 11 is 0. The fraction of sp³-hybridized carbons (Fsp3) is 0.750. The third kappa shape index (κ3) is 2.03. The van der Waals surface area contributed by atoms with E-state index in [4.69, 9.17) is 4.42 Å². The highest BCUT2D eigenvalue weighted by atomic mass is 19.3. The molecule has 20 heavy (non-hydrogen) atoms. The van der Waals surface area contributed by atoms with Gasteiger partial charge in [-0.05, 0) is 12.8 Å². The van der Waals surface area contributed by atoms with Gasteiger partial charge in [-0.1, -0.05) is 12.0 Å². The first-order chi connectivity index (χ1) is 9.47. The second kappa shape index (κ2) is 4.39. The predicted octanol–water partition coefficient (Wildman–Crippen LogP) is 1.52. The Kier molecular flexibility index (Phi) is 2.91. The first-order valence-electron chi connectivity index (χ1n) is 6.67. The van der Waals surface area contributed by atoms with Crippen LogP contribution in [0.25, 0.3) is 0 Å². The van der Waals surface area contributed by atoms with Crippen molar-refractivity contribution < 1.29 is 18.0 Å². The Balaban J connectivity index is 1.63. The molecule has 1 aliphatic carbocycles. The zero-order valence-corrected chi connectivity index (χ0v) is 11.1. The summed E-state index contributed by atoms with van der Waals surface area (Å²) in [6.07, 6.45) is 1.95. The Morgan fingerprint density at radius 3 is 2.90 bits per heavy atom. The van der Waals surface area contributed by atoms with Crippen LogP contribution in [0, 0.1) is 5.41 Å². The van der Waals surface area contributed by atoms with Gasteiger partial charge in [0.15, 0.2) is 0 Å². The summed E-state index contributed by atoms with van der Waals surface area (Å²) in [7, 11) is 0. The van der Waals surface area contributed by atoms with Crippen molar-refractivity contribution in [2.75, 3.05) is 18.4 Å². The topological polar surface area (TPSA) is 71.3 Å². The van der Waals surface area contributed by atoms with Crippen molar-refractivity contribution in [2.45, 2.75) is 38.2 Å². The standard InChI is InChI=1S/C12H16F2N4O2/c1-2-8(16-10-17-15-7-20-10)9(19)18-4-3-11(6-18)5-12(11,13)14/h7-8H,2-6H2,1H3,(H,16,17)/t8-,11-/m0/s1. The second-order valence-corrected chi connectivity index (χ2v) is 5.52. The van der Waals surface area contributed by atoms with Gasteiger partial charge in [-0.15, -0.1) is 5.10 Å². The third-order valence-corrected chi connectivity index (χ3v) is 4.24. The van der Waals surface area contributed by atoms with E-state index in [-0.39, 0.29) is 24.9 Å². The van der Waals surface area contributed by atoms with E-state index in [1.165, 1.54) is 4.90 Å². The molecule has 6 nitrogen and oxygen atoms in total. The minimum Gasteiger partial charge on any atom is -0.411 e. The van der Waals surface area contributed by atoms with E-state index in [9.17, 15) is 13.6 Å². The molecule has 1 spiro atoms. The number of carbonyl (C=O) groups excluding carboxylic acids is 1. The number of likely N-dealkylation sites (tertiary alicyclic amines) is 1. The molecule has 3 rings (SSSR count). The van der Waals surface area contributed by atoms with E-state index in [0.717, 1.165) is 6.39 Å². The van der Waals surface area contributed by atoms with Crippen molar-refractivity contribution in [2.24, 2.45) is 5.41 Å². The summed E-state index contributed by atoms with van der Waals surface area (Å²) < 4.78 is 31.6. The van der Waals surface area contributed by atoms with E-state index in [1.54, 1.807) is 0 Å². The molecular weight excluding hydrogens is 270 g/mol. The highest BCUT2D eigenvalue weighted by molar-refractivity contribution is 5.84. The number of aromatic nitrogens is 2. The van der Waals surface area contributed by atoms with Gasteiger partial charge in [-0.25, -0.2) is 8.78 Å². The largest absolute Gasteiger partial charge is 0.411 e. The maximum Gasteiger partial charge on any atom is 0.315 e. The summed E-state index contributed by atoms with van der Waals surface area (Å²) in [6, 6.07) is -0.367. The van der Waals surface area contributed by atoms with Gasteiger partial charge < -0.3 is 14.6 Å². The zero-order chi connectivity index (χ0) is 14.4. The van der Waals surface area contributed by atoms with Gasteiger partial charge in [0.05, 0.1) is 5.41 Å². The van der Waals surface area contributed by atoms with Crippen LogP contribution in [0.3, 0.4) is 0 Å². The molecule has 2 fully saturated rings. The number of hydrogen-bond acceptors (Lipinski definition) is 5. The van der Waals surface area contributed by atoms with Gasteiger partial charge in [0.25, 0.3) is 5.92 Å². The Labute approximate surface area is 114 Å². The molecule has 1 saturated carbocycles. The van der Waals surface area contributed by atoms with Crippen molar-refractivity contribution >= 4 is 11.9 Å². The van der Waals surface area contributed by atoms with E-state index in [1.807, 2.05) is 6.92 Å². The van der Waals surface area contributed by atoms with Crippen LogP contribution in [-0.2, 0) is 4.79 Å². The van der Waals surface area contributed by atoms with Crippen LogP contribution in [-0.4, -0.2) is 46.1 Å². The molecule has 1 aromatic heterocycles. The average Bonchev–Trinajstić information content (AvgIpc) is 2.89. The van der Waals surface area contributed by atoms with Crippen LogP contribution >= 0.6 is 0 Å². The quantitative estimate of drug-likeness (QED) is 0.908. The lowest BCUT2D eigenvalue weighted by Gasteiger charge is -2.22. The lowest BCUT2D eigenvalue weighted by atomic mass is 10.1. The maximum absolute atomic E-state index is 13.3. The zero-order valence-electron chi connectivity index (χ0n) is 11.1. The minimum atomic E-state index is -2.61. The Bertz CT molecular complexity index is 508. The van der Waals surface area contributed by atoms with Gasteiger partial charge in [0, 0.05) is 19.5 Å². The van der Waals surface area contributed by atoms with Crippen LogP contribution in [0.4, 0.5) is 14.8 Å². The molecule has 1 N–H and O–H groups in total. The number of anilines is 1. The van der Waals surface area contributed by atoms with Crippen LogP contribution < -0.4 is 5.32 Å². The van der Waals surface area contributed by atoms with Crippen LogP contribution in [0.2, 0.25) is 0 Å². The number of nitrogens with one attached hydrogen (secondary N) is 1. The molecule has 1 aromatic rings. The molecule has 0 unspecified atom stereocenters. The first kappa shape index (κ1) is 13.3. The van der Waals surface area contributed by atoms with Crippen molar-refractivity contribution in [1.82, 2.24) is 15.1 Å². The Morgan fingerprint density at radius 2 is 2.40 bits per heavy atom. The Morgan fingerprint density at radius 1 is 1.65 bits per heavy atom. The molecule has 2 heterocycles. The van der Waals surface area contributed by atoms with Crippen molar-refractivity contribution in [1.29, 1.82) is 0 Å². The highest BCUT2D eigenvalue weighted by Crippen LogP contribution is 2.65. The van der Waals surface area contributed by atoms with Crippen molar-refractivity contribution in [3.05, 3.63) is 6.39 Å². The lowest BCUT2D eigenvalue weighted by Crippen LogP contribution is -2.42. The maximum atomic E-state index is 13.3. The first-order valence-corrected chi connectivity index (χ1v) is 6.67. The fourth-order valence-corrected chi connectivity index (χ4v) is 2.83. The summed E-state index contributed by atoms with van der Waals surface area (Å²) in [5.41, 5.74) is -0.967. The molecule has 0 radical (unpaired) electrons. The van der Waals surface area contributed by atoms with E-state index < -0.39 is 17.4 Å². The number of rotatable bonds is 4. The number of halogens is 2. The smallest absolute Gasteiger partial charge is 0.315 e. The van der Waals surface area contributed by atoms with E-state index in [0.29, 0.717) is 19.4 Å². The molecule has 2 atom stereocenters. The third-order valence-electron chi connectivity index (χ3n) is 4.24. The van der Waals surface area contributed by atoms with Gasteiger partial charge >= 0.3 is 6.01 Å². The van der Waals surface area contributed by atoms with Gasteiger partial charge in [0.2, 0.25) is 12.3 Å². The number of amides is 1. The number of alkyl halides is 2. The van der Waals surface area contributed by atoms with Crippen LogP contribution in [0.1, 0.15) is 26.2 Å². The molecule has 110 valence electrons. The van der Waals surface area contributed by atoms with E-state index in [2.05, 4.69) is 15.5 Å². The minimum absolute atomic E-state index is 0.0995. The molecule has 1 amide bonds. The monoisotopic (exact) mass is 286 g/mol. The number of hydrogen-bond donors (Lipinski definition) is 1. The Hall–Kier alpha value is -1.73. The normalized spacial score (nSPS) is 28.6. The van der Waals surface area contributed by atoms with Gasteiger partial charge in [-0.3, -0.25) is 4.79 Å². The molecule has 2 aliphatic rings. The summed E-state index contributed by atoms with van der Waals surface area (Å²) in [4.78, 5) is 13.9. The number of nitrogens with zero attached hydrogens (tertiary/aromatic N) is 3. The average molecular weight is 286 g/mol. The predicted molar refractivity (Wildman–Crippen MR) is 65.2 cm³/mol. The molecule has 0 aromatic carbocycles. The van der Waals surface area contributed by atoms with Crippen molar-refractivity contribution in [3.8, 4) is 0 Å². The summed E-state index contributed by atoms with van der Waals surface area (Å²) in [5, 5.41) is 10.0. The van der Waals surface area contributed by atoms with Gasteiger partial charge in [0.1, 0.15) is 6.04 Å². The van der Waals surface area contributed by atoms with Crippen LogP contribution in [0.15, 0.2) is 10.8 Å². The van der Waals surface area contributed by atoms with Crippen molar-refractivity contribution in [3.63, 3.8) is 0 Å². The molecule has 1 aliphatic heterocycles. The van der Waals surface area contributed by atoms with E-state index >= 15 is 0 Å². The lowest BCUT2D eigenvalue weighted by molar-refractivity contribution is -0.131. The molecule has 1 saturated heterocycles. The molecular formula is C12H16F2N4O2. The van der Waals surface area contributed by atoms with Crippen LogP contribution in [0.5, 0.6) is 0 Å². The summed E-state index contributed by atoms with van der Waals surface area (Å²) in [5.74, 6) is -2.80. The fourth-order valence-electron chi connectivity index (χ4n) is 2.83. The highest BCUT2D eigenvalue weighted by Gasteiger charge is 2.73.